The van der Waals surface area contributed by atoms with Crippen LogP contribution >= 0.6 is 0 Å². The summed E-state index contributed by atoms with van der Waals surface area (Å²) in [6, 6.07) is 0. The molecule has 4 N–H and O–H groups in total. The molecule has 0 saturated carbocycles. The van der Waals surface area contributed by atoms with Gasteiger partial charge >= 0.3 is 104 Å². The van der Waals surface area contributed by atoms with Crippen LogP contribution in [-0.4, -0.2) is 118 Å². The summed E-state index contributed by atoms with van der Waals surface area (Å²) < 4.78 is 63.2. The molecule has 0 aliphatic rings. The molecule has 0 aromatic carbocycles. The van der Waals surface area contributed by atoms with Gasteiger partial charge < -0.3 is 5.71 Å². The first kappa shape index (κ1) is 24.0. The van der Waals surface area contributed by atoms with E-state index in [4.69, 9.17) is 35.0 Å². The average Bonchev–Trinajstić information content (AvgIpc) is 1.12. The quantitative estimate of drug-likeness (QED) is 0.306. The van der Waals surface area contributed by atoms with Crippen LogP contribution in [0.25, 0.3) is 0 Å². The van der Waals surface area contributed by atoms with Crippen molar-refractivity contribution in [2.75, 3.05) is 0 Å². The van der Waals surface area contributed by atoms with E-state index in [9.17, 15) is 0 Å². The summed E-state index contributed by atoms with van der Waals surface area (Å²) in [5.74, 6) is 0. The van der Waals surface area contributed by atoms with Crippen molar-refractivity contribution in [1.29, 1.82) is 0 Å². The molecule has 0 aliphatic carbocycles. The minimum atomic E-state index is -4.67. The van der Waals surface area contributed by atoms with Gasteiger partial charge in [0.25, 0.3) is 0 Å². The van der Waals surface area contributed by atoms with Gasteiger partial charge in [0, 0.05) is 0 Å². The molecule has 0 aliphatic heterocycles. The van der Waals surface area contributed by atoms with Crippen LogP contribution in [0.1, 0.15) is 5.71 Å². The summed E-state index contributed by atoms with van der Waals surface area (Å²) in [4.78, 5) is 0. The molecule has 0 heterocycles. The fourth-order valence-electron chi connectivity index (χ4n) is 0. The first-order chi connectivity index (χ1) is 4.00. The second-order valence-corrected chi connectivity index (χ2v) is 2.69. The molecule has 0 spiro atoms. The van der Waals surface area contributed by atoms with Gasteiger partial charge in [0.05, 0.1) is 0 Å². The molecule has 12 heteroatoms. The van der Waals surface area contributed by atoms with E-state index >= 15 is 0 Å². The van der Waals surface area contributed by atoms with Gasteiger partial charge in [0.1, 0.15) is 0 Å². The van der Waals surface area contributed by atoms with Crippen molar-refractivity contribution in [3.8, 4) is 0 Å². The first-order valence-electron chi connectivity index (χ1n) is 1.40. The fraction of sp³-hybridized carbons (Fsp3) is 0. The molecule has 12 heavy (non-hydrogen) atoms. The number of rotatable bonds is 0. The van der Waals surface area contributed by atoms with Crippen LogP contribution < -0.4 is 0 Å². The van der Waals surface area contributed by atoms with Crippen LogP contribution in [-0.2, 0) is 20.8 Å². The van der Waals surface area contributed by atoms with Crippen LogP contribution in [0.3, 0.4) is 0 Å². The summed E-state index contributed by atoms with van der Waals surface area (Å²) in [6.45, 7) is 0. The third-order valence-electron chi connectivity index (χ3n) is 0. The maximum absolute atomic E-state index is 8.74. The smallest absolute Gasteiger partial charge is 1.00 e. The van der Waals surface area contributed by atoms with Crippen molar-refractivity contribution in [3.05, 3.63) is 0 Å². The molecule has 72 valence electrons. The Morgan fingerprint density at radius 3 is 0.750 bits per heavy atom. The van der Waals surface area contributed by atoms with E-state index in [2.05, 4.69) is 0 Å². The predicted molar refractivity (Wildman–Crippen MR) is 44.3 cm³/mol. The largest absolute Gasteiger partial charge is 2.00 e. The average molecular weight is 328 g/mol. The Morgan fingerprint density at radius 2 is 0.750 bits per heavy atom. The van der Waals surface area contributed by atoms with E-state index in [1.54, 1.807) is 0 Å². The maximum atomic E-state index is 8.74. The topological polar surface area (TPSA) is 149 Å². The van der Waals surface area contributed by atoms with Gasteiger partial charge in [0.15, 0.2) is 0 Å². The molecule has 0 unspecified atom stereocenters. The van der Waals surface area contributed by atoms with Crippen molar-refractivity contribution in [2.45, 2.75) is 0 Å². The summed E-state index contributed by atoms with van der Waals surface area (Å²) >= 11 is 0. The molecule has 8 nitrogen and oxygen atoms in total. The van der Waals surface area contributed by atoms with E-state index in [1.807, 2.05) is 0 Å². The zero-order valence-electron chi connectivity index (χ0n) is 9.65. The molecule has 0 radical (unpaired) electrons. The molecule has 0 bridgehead atoms. The summed E-state index contributed by atoms with van der Waals surface area (Å²) in [7, 11) is -9.33. The third kappa shape index (κ3) is 267. The van der Waals surface area contributed by atoms with Crippen LogP contribution in [0.15, 0.2) is 0 Å². The molecular formula is H8CaO8S2Sr. The predicted octanol–water partition coefficient (Wildman–Crippen LogP) is -1.62. The van der Waals surface area contributed by atoms with Gasteiger partial charge in [-0.2, -0.15) is 16.8 Å². The van der Waals surface area contributed by atoms with Gasteiger partial charge in [-0.3, -0.25) is 18.2 Å². The van der Waals surface area contributed by atoms with Gasteiger partial charge in [-0.25, -0.2) is 0 Å². The van der Waals surface area contributed by atoms with Crippen LogP contribution in [0, 0.1) is 0 Å². The molecule has 0 atom stereocenters. The van der Waals surface area contributed by atoms with Crippen molar-refractivity contribution in [1.82, 2.24) is 0 Å². The summed E-state index contributed by atoms with van der Waals surface area (Å²) in [5.41, 5.74) is 0. The molecular weight excluding hydrogens is 320 g/mol. The Hall–Kier alpha value is 2.48. The summed E-state index contributed by atoms with van der Waals surface area (Å²) in [6.07, 6.45) is 0. The normalized spacial score (nSPS) is 9.67. The molecule has 0 rings (SSSR count). The Labute approximate surface area is 142 Å². The number of hydrogen-bond donors (Lipinski definition) is 4. The molecule has 0 amide bonds. The van der Waals surface area contributed by atoms with Gasteiger partial charge in [-0.15, -0.1) is 0 Å². The van der Waals surface area contributed by atoms with Crippen molar-refractivity contribution in [2.24, 2.45) is 0 Å². The SMILES string of the molecule is O=S(=O)(O)O.O=S(=O)(O)O.[Ca+2].[H-].[H-].[H-].[H-].[Sr+2]. The van der Waals surface area contributed by atoms with Crippen LogP contribution in [0.4, 0.5) is 0 Å². The Kier molecular flexibility index (Phi) is 20.0. The van der Waals surface area contributed by atoms with Crippen molar-refractivity contribution in [3.63, 3.8) is 0 Å². The van der Waals surface area contributed by atoms with E-state index in [1.165, 1.54) is 0 Å². The van der Waals surface area contributed by atoms with Crippen molar-refractivity contribution < 1.29 is 40.8 Å². The zero-order chi connectivity index (χ0) is 9.00. The number of hydrogen-bond acceptors (Lipinski definition) is 4. The Bertz CT molecular complexity index is 226. The van der Waals surface area contributed by atoms with Gasteiger partial charge in [0.2, 0.25) is 0 Å². The minimum Gasteiger partial charge on any atom is -1.00 e. The molecule has 0 saturated heterocycles. The Morgan fingerprint density at radius 1 is 0.750 bits per heavy atom. The monoisotopic (exact) mass is 328 g/mol. The Balaban J connectivity index is -0.00000000970. The second kappa shape index (κ2) is 10.0. The third-order valence-corrected chi connectivity index (χ3v) is 0. The van der Waals surface area contributed by atoms with Crippen LogP contribution in [0.5, 0.6) is 0 Å². The van der Waals surface area contributed by atoms with E-state index < -0.39 is 20.8 Å². The first-order valence-corrected chi connectivity index (χ1v) is 4.19. The maximum Gasteiger partial charge on any atom is 2.00 e. The molecule has 0 fully saturated rings. The zero-order valence-corrected chi connectivity index (χ0v) is 13.0. The standard InChI is InChI=1S/Ca.2H2O4S.Sr.4H/c;2*1-5(2,3)4;;;;;/h;2*(H2,1,2,3,4);;;;;/q+2;;;+2;4*-1. The van der Waals surface area contributed by atoms with Gasteiger partial charge in [-0.1, -0.05) is 0 Å². The van der Waals surface area contributed by atoms with Crippen LogP contribution in [0.2, 0.25) is 0 Å². The molecule has 0 aromatic rings. The van der Waals surface area contributed by atoms with E-state index in [0.717, 1.165) is 0 Å². The van der Waals surface area contributed by atoms with Crippen molar-refractivity contribution >= 4 is 104 Å². The summed E-state index contributed by atoms with van der Waals surface area (Å²) in [5, 5.41) is 0. The second-order valence-electron chi connectivity index (χ2n) is 0.896. The fourth-order valence-corrected chi connectivity index (χ4v) is 0. The minimum absolute atomic E-state index is 0. The van der Waals surface area contributed by atoms with E-state index in [0.29, 0.717) is 0 Å². The van der Waals surface area contributed by atoms with E-state index in [-0.39, 0.29) is 88.9 Å². The van der Waals surface area contributed by atoms with Gasteiger partial charge in [-0.05, 0) is 0 Å². The molecule has 0 aromatic heterocycles.